The van der Waals surface area contributed by atoms with E-state index in [2.05, 4.69) is 4.72 Å². The van der Waals surface area contributed by atoms with Gasteiger partial charge in [-0.05, 0) is 49.4 Å². The van der Waals surface area contributed by atoms with Crippen LogP contribution in [0.15, 0.2) is 18.2 Å². The second kappa shape index (κ2) is 4.38. The monoisotopic (exact) mass is 250 g/mol. The molecule has 0 bridgehead atoms. The van der Waals surface area contributed by atoms with Crippen molar-refractivity contribution in [3.63, 3.8) is 0 Å². The van der Waals surface area contributed by atoms with Crippen molar-refractivity contribution >= 4 is 15.7 Å². The summed E-state index contributed by atoms with van der Waals surface area (Å²) >= 11 is 0. The Labute approximate surface area is 101 Å². The van der Waals surface area contributed by atoms with Crippen LogP contribution in [-0.2, 0) is 22.9 Å². The highest BCUT2D eigenvalue weighted by Crippen LogP contribution is 2.25. The second-order valence-corrected chi connectivity index (χ2v) is 6.26. The van der Waals surface area contributed by atoms with Gasteiger partial charge >= 0.3 is 0 Å². The van der Waals surface area contributed by atoms with Crippen molar-refractivity contribution < 1.29 is 8.42 Å². The number of benzene rings is 1. The minimum atomic E-state index is -3.59. The van der Waals surface area contributed by atoms with E-state index >= 15 is 0 Å². The van der Waals surface area contributed by atoms with Crippen LogP contribution in [0.25, 0.3) is 0 Å². The highest BCUT2D eigenvalue weighted by atomic mass is 32.2. The van der Waals surface area contributed by atoms with Crippen molar-refractivity contribution in [2.45, 2.75) is 31.4 Å². The van der Waals surface area contributed by atoms with Gasteiger partial charge in [-0.1, -0.05) is 6.07 Å². The molecule has 4 nitrogen and oxygen atoms in total. The van der Waals surface area contributed by atoms with Crippen molar-refractivity contribution in [2.24, 2.45) is 0 Å². The first-order chi connectivity index (χ1) is 8.03. The maximum atomic E-state index is 11.7. The van der Waals surface area contributed by atoms with Crippen molar-refractivity contribution in [1.29, 1.82) is 5.26 Å². The first-order valence-corrected chi connectivity index (χ1v) is 7.10. The standard InChI is InChI=1S/C12H14N2O2S/c1-9(8-13)17(15,16)14-12-6-5-10-3-2-4-11(10)7-12/h5-7,9,14H,2-4H2,1H3. The molecule has 5 heteroatoms. The lowest BCUT2D eigenvalue weighted by atomic mass is 10.1. The van der Waals surface area contributed by atoms with Crippen LogP contribution in [0.1, 0.15) is 24.5 Å². The smallest absolute Gasteiger partial charge is 0.248 e. The first-order valence-electron chi connectivity index (χ1n) is 5.56. The largest absolute Gasteiger partial charge is 0.282 e. The summed E-state index contributed by atoms with van der Waals surface area (Å²) in [5.41, 5.74) is 3.05. The summed E-state index contributed by atoms with van der Waals surface area (Å²) in [6, 6.07) is 7.30. The maximum Gasteiger partial charge on any atom is 0.248 e. The number of sulfonamides is 1. The Kier molecular flexibility index (Phi) is 3.07. The van der Waals surface area contributed by atoms with Gasteiger partial charge in [-0.2, -0.15) is 5.26 Å². The van der Waals surface area contributed by atoms with Crippen LogP contribution in [0, 0.1) is 11.3 Å². The number of hydrogen-bond donors (Lipinski definition) is 1. The van der Waals surface area contributed by atoms with Crippen LogP contribution in [0.3, 0.4) is 0 Å². The number of nitrogens with zero attached hydrogens (tertiary/aromatic N) is 1. The Morgan fingerprint density at radius 1 is 1.35 bits per heavy atom. The second-order valence-electron chi connectivity index (χ2n) is 4.26. The van der Waals surface area contributed by atoms with Crippen LogP contribution in [0.5, 0.6) is 0 Å². The highest BCUT2D eigenvalue weighted by molar-refractivity contribution is 7.93. The van der Waals surface area contributed by atoms with E-state index in [1.807, 2.05) is 12.1 Å². The molecule has 1 aliphatic rings. The number of hydrogen-bond acceptors (Lipinski definition) is 3. The zero-order chi connectivity index (χ0) is 12.5. The normalized spacial score (nSPS) is 16.0. The molecule has 0 spiro atoms. The van der Waals surface area contributed by atoms with Crippen molar-refractivity contribution in [1.82, 2.24) is 0 Å². The van der Waals surface area contributed by atoms with Gasteiger partial charge < -0.3 is 0 Å². The van der Waals surface area contributed by atoms with Gasteiger partial charge in [0.05, 0.1) is 6.07 Å². The number of rotatable bonds is 3. The molecule has 1 aromatic rings. The third kappa shape index (κ3) is 2.42. The van der Waals surface area contributed by atoms with Gasteiger partial charge in [0.1, 0.15) is 0 Å². The summed E-state index contributed by atoms with van der Waals surface area (Å²) in [6.45, 7) is 1.37. The van der Waals surface area contributed by atoms with E-state index in [0.717, 1.165) is 19.3 Å². The van der Waals surface area contributed by atoms with Gasteiger partial charge in [0.25, 0.3) is 0 Å². The molecule has 1 aliphatic carbocycles. The van der Waals surface area contributed by atoms with E-state index in [0.29, 0.717) is 5.69 Å². The molecule has 1 aromatic carbocycles. The van der Waals surface area contributed by atoms with Gasteiger partial charge in [-0.25, -0.2) is 8.42 Å². The summed E-state index contributed by atoms with van der Waals surface area (Å²) in [6.07, 6.45) is 3.19. The van der Waals surface area contributed by atoms with Crippen molar-refractivity contribution in [3.8, 4) is 6.07 Å². The molecule has 17 heavy (non-hydrogen) atoms. The van der Waals surface area contributed by atoms with Crippen LogP contribution in [-0.4, -0.2) is 13.7 Å². The fourth-order valence-corrected chi connectivity index (χ4v) is 2.73. The lowest BCUT2D eigenvalue weighted by Gasteiger charge is -2.10. The molecule has 1 unspecified atom stereocenters. The molecular weight excluding hydrogens is 236 g/mol. The Morgan fingerprint density at radius 3 is 2.76 bits per heavy atom. The fraction of sp³-hybridized carbons (Fsp3) is 0.417. The minimum absolute atomic E-state index is 0.549. The lowest BCUT2D eigenvalue weighted by Crippen LogP contribution is -2.23. The molecule has 1 atom stereocenters. The zero-order valence-corrected chi connectivity index (χ0v) is 10.4. The third-order valence-electron chi connectivity index (χ3n) is 3.01. The Balaban J connectivity index is 2.23. The minimum Gasteiger partial charge on any atom is -0.282 e. The molecule has 0 saturated heterocycles. The topological polar surface area (TPSA) is 70.0 Å². The van der Waals surface area contributed by atoms with E-state index in [1.165, 1.54) is 18.1 Å². The molecule has 0 fully saturated rings. The predicted molar refractivity (Wildman–Crippen MR) is 66.1 cm³/mol. The molecule has 0 aliphatic heterocycles. The molecule has 0 saturated carbocycles. The van der Waals surface area contributed by atoms with Crippen LogP contribution in [0.2, 0.25) is 0 Å². The summed E-state index contributed by atoms with van der Waals surface area (Å²) in [5, 5.41) is 7.59. The zero-order valence-electron chi connectivity index (χ0n) is 9.60. The third-order valence-corrected chi connectivity index (χ3v) is 4.56. The van der Waals surface area contributed by atoms with Crippen molar-refractivity contribution in [3.05, 3.63) is 29.3 Å². The predicted octanol–water partition coefficient (Wildman–Crippen LogP) is 1.83. The summed E-state index contributed by atoms with van der Waals surface area (Å²) < 4.78 is 25.8. The van der Waals surface area contributed by atoms with Gasteiger partial charge in [-0.3, -0.25) is 4.72 Å². The van der Waals surface area contributed by atoms with E-state index in [1.54, 1.807) is 12.1 Å². The van der Waals surface area contributed by atoms with E-state index in [-0.39, 0.29) is 0 Å². The fourth-order valence-electron chi connectivity index (χ4n) is 1.96. The molecule has 1 N–H and O–H groups in total. The molecular formula is C12H14N2O2S. The van der Waals surface area contributed by atoms with Gasteiger partial charge in [0, 0.05) is 5.69 Å². The maximum absolute atomic E-state index is 11.7. The summed E-state index contributed by atoms with van der Waals surface area (Å²) in [5.74, 6) is 0. The Bertz CT molecular complexity index is 573. The average molecular weight is 250 g/mol. The number of nitrogens with one attached hydrogen (secondary N) is 1. The number of anilines is 1. The number of fused-ring (bicyclic) bond motifs is 1. The van der Waals surface area contributed by atoms with Crippen molar-refractivity contribution in [2.75, 3.05) is 4.72 Å². The molecule has 0 heterocycles. The first kappa shape index (κ1) is 11.9. The molecule has 0 amide bonds. The molecule has 90 valence electrons. The highest BCUT2D eigenvalue weighted by Gasteiger charge is 2.20. The lowest BCUT2D eigenvalue weighted by molar-refractivity contribution is 0.597. The summed E-state index contributed by atoms with van der Waals surface area (Å²) in [7, 11) is -3.59. The molecule has 0 radical (unpaired) electrons. The van der Waals surface area contributed by atoms with Crippen LogP contribution in [0.4, 0.5) is 5.69 Å². The SMILES string of the molecule is CC(C#N)S(=O)(=O)Nc1ccc2c(c1)CCC2. The Hall–Kier alpha value is -1.54. The van der Waals surface area contributed by atoms with Gasteiger partial charge in [0.2, 0.25) is 10.0 Å². The average Bonchev–Trinajstić information content (AvgIpc) is 2.74. The Morgan fingerprint density at radius 2 is 2.06 bits per heavy atom. The quantitative estimate of drug-likeness (QED) is 0.889. The van der Waals surface area contributed by atoms with E-state index in [4.69, 9.17) is 5.26 Å². The van der Waals surface area contributed by atoms with Gasteiger partial charge in [-0.15, -0.1) is 0 Å². The number of aryl methyl sites for hydroxylation is 2. The molecule has 2 rings (SSSR count). The number of nitriles is 1. The van der Waals surface area contributed by atoms with Crippen LogP contribution >= 0.6 is 0 Å². The van der Waals surface area contributed by atoms with E-state index in [9.17, 15) is 8.42 Å². The van der Waals surface area contributed by atoms with Crippen LogP contribution < -0.4 is 4.72 Å². The van der Waals surface area contributed by atoms with E-state index < -0.39 is 15.3 Å². The summed E-state index contributed by atoms with van der Waals surface area (Å²) in [4.78, 5) is 0. The molecule has 0 aromatic heterocycles. The van der Waals surface area contributed by atoms with Gasteiger partial charge in [0.15, 0.2) is 5.25 Å².